The van der Waals surface area contributed by atoms with Crippen LogP contribution in [0.2, 0.25) is 5.02 Å². The highest BCUT2D eigenvalue weighted by Crippen LogP contribution is 2.27. The quantitative estimate of drug-likeness (QED) is 0.792. The van der Waals surface area contributed by atoms with Gasteiger partial charge < -0.3 is 10.1 Å². The smallest absolute Gasteiger partial charge is 0.194 e. The van der Waals surface area contributed by atoms with Gasteiger partial charge in [0.2, 0.25) is 0 Å². The van der Waals surface area contributed by atoms with Crippen molar-refractivity contribution >= 4 is 33.6 Å². The maximum absolute atomic E-state index is 6.12. The van der Waals surface area contributed by atoms with Crippen molar-refractivity contribution in [3.05, 3.63) is 46.2 Å². The summed E-state index contributed by atoms with van der Waals surface area (Å²) in [4.78, 5) is 5.55. The van der Waals surface area contributed by atoms with Gasteiger partial charge >= 0.3 is 0 Å². The minimum Gasteiger partial charge on any atom is -0.495 e. The average Bonchev–Trinajstić information content (AvgIpc) is 2.97. The molecule has 6 heteroatoms. The van der Waals surface area contributed by atoms with E-state index in [2.05, 4.69) is 14.7 Å². The molecule has 1 N–H and O–H groups in total. The lowest BCUT2D eigenvalue weighted by Crippen LogP contribution is -2.03. The molecule has 0 aliphatic rings. The van der Waals surface area contributed by atoms with Gasteiger partial charge in [0.1, 0.15) is 5.75 Å². The van der Waals surface area contributed by atoms with Crippen LogP contribution in [0, 0.1) is 6.92 Å². The number of nitrogens with zero attached hydrogens (tertiary/aromatic N) is 2. The number of rotatable bonds is 4. The molecule has 0 aliphatic carbocycles. The van der Waals surface area contributed by atoms with Crippen LogP contribution >= 0.6 is 22.9 Å². The number of anilines is 1. The maximum Gasteiger partial charge on any atom is 0.194 e. The minimum absolute atomic E-state index is 0.600. The predicted octanol–water partition coefficient (Wildman–Crippen LogP) is 3.98. The second kappa shape index (κ2) is 5.34. The van der Waals surface area contributed by atoms with Crippen molar-refractivity contribution in [2.75, 3.05) is 12.4 Å². The average molecular weight is 308 g/mol. The van der Waals surface area contributed by atoms with Crippen molar-refractivity contribution in [2.45, 2.75) is 13.5 Å². The fourth-order valence-corrected chi connectivity index (χ4v) is 3.15. The third-order valence-electron chi connectivity index (χ3n) is 3.17. The van der Waals surface area contributed by atoms with Crippen LogP contribution in [0.25, 0.3) is 4.96 Å². The Kier molecular flexibility index (Phi) is 3.54. The monoisotopic (exact) mass is 307 g/mol. The number of imidazole rings is 1. The second-order valence-corrected chi connectivity index (χ2v) is 5.68. The van der Waals surface area contributed by atoms with Gasteiger partial charge in [0.15, 0.2) is 4.96 Å². The first-order valence-corrected chi connectivity index (χ1v) is 7.43. The molecule has 3 aromatic rings. The third-order valence-corrected chi connectivity index (χ3v) is 4.22. The van der Waals surface area contributed by atoms with Gasteiger partial charge in [-0.15, -0.1) is 11.3 Å². The van der Waals surface area contributed by atoms with Crippen molar-refractivity contribution in [3.8, 4) is 5.75 Å². The lowest BCUT2D eigenvalue weighted by molar-refractivity contribution is 0.415. The van der Waals surface area contributed by atoms with Crippen LogP contribution in [0.15, 0.2) is 29.8 Å². The zero-order valence-electron chi connectivity index (χ0n) is 11.2. The summed E-state index contributed by atoms with van der Waals surface area (Å²) in [5.41, 5.74) is 3.16. The van der Waals surface area contributed by atoms with E-state index in [1.807, 2.05) is 36.7 Å². The molecule has 0 atom stereocenters. The standard InChI is InChI=1S/C14H14ClN3OS/c1-9-12(18-5-6-20-14(18)17-9)8-16-10-3-4-13(19-2)11(15)7-10/h3-7,16H,8H2,1-2H3. The van der Waals surface area contributed by atoms with Crippen LogP contribution in [-0.2, 0) is 6.54 Å². The van der Waals surface area contributed by atoms with Crippen LogP contribution in [0.5, 0.6) is 5.75 Å². The molecular weight excluding hydrogens is 294 g/mol. The Bertz CT molecular complexity index is 750. The second-order valence-electron chi connectivity index (χ2n) is 4.40. The van der Waals surface area contributed by atoms with Crippen molar-refractivity contribution < 1.29 is 4.74 Å². The molecule has 0 amide bonds. The number of aryl methyl sites for hydroxylation is 1. The fourth-order valence-electron chi connectivity index (χ4n) is 2.12. The Labute approximate surface area is 126 Å². The number of nitrogens with one attached hydrogen (secondary N) is 1. The van der Waals surface area contributed by atoms with Crippen LogP contribution in [0.3, 0.4) is 0 Å². The first-order chi connectivity index (χ1) is 9.69. The van der Waals surface area contributed by atoms with Gasteiger partial charge in [-0.2, -0.15) is 0 Å². The molecule has 20 heavy (non-hydrogen) atoms. The van der Waals surface area contributed by atoms with Crippen molar-refractivity contribution in [1.82, 2.24) is 9.38 Å². The van der Waals surface area contributed by atoms with E-state index in [-0.39, 0.29) is 0 Å². The lowest BCUT2D eigenvalue weighted by Gasteiger charge is -2.09. The molecule has 0 aliphatic heterocycles. The van der Waals surface area contributed by atoms with Crippen molar-refractivity contribution in [1.29, 1.82) is 0 Å². The molecule has 0 fully saturated rings. The summed E-state index contributed by atoms with van der Waals surface area (Å²) < 4.78 is 7.25. The lowest BCUT2D eigenvalue weighted by atomic mass is 10.2. The molecule has 1 aromatic carbocycles. The van der Waals surface area contributed by atoms with E-state index in [1.165, 1.54) is 0 Å². The molecule has 104 valence electrons. The van der Waals surface area contributed by atoms with E-state index in [4.69, 9.17) is 16.3 Å². The highest BCUT2D eigenvalue weighted by atomic mass is 35.5. The number of hydrogen-bond acceptors (Lipinski definition) is 4. The molecule has 0 spiro atoms. The van der Waals surface area contributed by atoms with Gasteiger partial charge in [-0.25, -0.2) is 4.98 Å². The zero-order chi connectivity index (χ0) is 14.1. The van der Waals surface area contributed by atoms with Crippen LogP contribution in [0.1, 0.15) is 11.4 Å². The van der Waals surface area contributed by atoms with Crippen LogP contribution in [0.4, 0.5) is 5.69 Å². The summed E-state index contributed by atoms with van der Waals surface area (Å²) >= 11 is 7.76. The Balaban J connectivity index is 1.81. The number of thiazole rings is 1. The van der Waals surface area contributed by atoms with E-state index in [0.29, 0.717) is 17.3 Å². The number of benzene rings is 1. The number of halogens is 1. The summed E-state index contributed by atoms with van der Waals surface area (Å²) in [5.74, 6) is 0.679. The van der Waals surface area contributed by atoms with E-state index in [0.717, 1.165) is 22.0 Å². The Morgan fingerprint density at radius 1 is 1.45 bits per heavy atom. The van der Waals surface area contributed by atoms with Gasteiger partial charge in [-0.1, -0.05) is 11.6 Å². The summed E-state index contributed by atoms with van der Waals surface area (Å²) in [7, 11) is 1.61. The first-order valence-electron chi connectivity index (χ1n) is 6.17. The summed E-state index contributed by atoms with van der Waals surface area (Å²) in [6.07, 6.45) is 2.04. The first kappa shape index (κ1) is 13.3. The largest absolute Gasteiger partial charge is 0.495 e. The molecule has 0 saturated heterocycles. The predicted molar refractivity (Wildman–Crippen MR) is 83.1 cm³/mol. The van der Waals surface area contributed by atoms with Gasteiger partial charge in [0.05, 0.1) is 30.1 Å². The number of fused-ring (bicyclic) bond motifs is 1. The molecule has 0 bridgehead atoms. The van der Waals surface area contributed by atoms with Gasteiger partial charge in [0.25, 0.3) is 0 Å². The Morgan fingerprint density at radius 2 is 2.30 bits per heavy atom. The third kappa shape index (κ3) is 2.34. The molecule has 2 heterocycles. The topological polar surface area (TPSA) is 38.6 Å². The van der Waals surface area contributed by atoms with E-state index in [1.54, 1.807) is 18.4 Å². The highest BCUT2D eigenvalue weighted by molar-refractivity contribution is 7.15. The number of methoxy groups -OCH3 is 1. The summed E-state index contributed by atoms with van der Waals surface area (Å²) in [6, 6.07) is 5.67. The van der Waals surface area contributed by atoms with Crippen LogP contribution in [-0.4, -0.2) is 16.5 Å². The number of hydrogen-bond donors (Lipinski definition) is 1. The summed E-state index contributed by atoms with van der Waals surface area (Å²) in [6.45, 7) is 2.73. The van der Waals surface area contributed by atoms with Gasteiger partial charge in [-0.05, 0) is 25.1 Å². The van der Waals surface area contributed by atoms with Crippen molar-refractivity contribution in [2.24, 2.45) is 0 Å². The molecule has 3 rings (SSSR count). The molecule has 0 saturated carbocycles. The van der Waals surface area contributed by atoms with Gasteiger partial charge in [0, 0.05) is 17.3 Å². The van der Waals surface area contributed by atoms with E-state index >= 15 is 0 Å². The molecular formula is C14H14ClN3OS. The van der Waals surface area contributed by atoms with E-state index in [9.17, 15) is 0 Å². The highest BCUT2D eigenvalue weighted by Gasteiger charge is 2.09. The summed E-state index contributed by atoms with van der Waals surface area (Å²) in [5, 5.41) is 6.00. The van der Waals surface area contributed by atoms with Gasteiger partial charge in [-0.3, -0.25) is 4.40 Å². The molecule has 2 aromatic heterocycles. The normalized spacial score (nSPS) is 10.9. The minimum atomic E-state index is 0.600. The fraction of sp³-hybridized carbons (Fsp3) is 0.214. The Hall–Kier alpha value is -1.72. The molecule has 0 radical (unpaired) electrons. The Morgan fingerprint density at radius 3 is 3.05 bits per heavy atom. The van der Waals surface area contributed by atoms with Crippen LogP contribution < -0.4 is 10.1 Å². The van der Waals surface area contributed by atoms with Crippen molar-refractivity contribution in [3.63, 3.8) is 0 Å². The molecule has 0 unspecified atom stereocenters. The molecule has 4 nitrogen and oxygen atoms in total. The van der Waals surface area contributed by atoms with E-state index < -0.39 is 0 Å². The number of aromatic nitrogens is 2. The number of ether oxygens (including phenoxy) is 1. The SMILES string of the molecule is COc1ccc(NCc2c(C)nc3sccn23)cc1Cl. The zero-order valence-corrected chi connectivity index (χ0v) is 12.8. The maximum atomic E-state index is 6.12.